The largest absolute Gasteiger partial charge is 0.495 e. The maximum Gasteiger partial charge on any atom is 0.244 e. The Balaban J connectivity index is 2.22. The van der Waals surface area contributed by atoms with E-state index in [2.05, 4.69) is 11.6 Å². The zero-order valence-electron chi connectivity index (χ0n) is 12.7. The summed E-state index contributed by atoms with van der Waals surface area (Å²) in [7, 11) is -2.12. The lowest BCUT2D eigenvalue weighted by atomic mass is 9.67. The van der Waals surface area contributed by atoms with Crippen molar-refractivity contribution in [2.45, 2.75) is 44.0 Å². The molecule has 21 heavy (non-hydrogen) atoms. The number of nitrogens with one attached hydrogen (secondary N) is 1. The van der Waals surface area contributed by atoms with E-state index in [0.29, 0.717) is 18.8 Å². The summed E-state index contributed by atoms with van der Waals surface area (Å²) >= 11 is 0. The Kier molecular flexibility index (Phi) is 4.91. The lowest BCUT2D eigenvalue weighted by Crippen LogP contribution is -2.41. The second-order valence-corrected chi connectivity index (χ2v) is 7.46. The van der Waals surface area contributed by atoms with Gasteiger partial charge in [-0.05, 0) is 42.4 Å². The molecule has 0 bridgehead atoms. The first-order valence-electron chi connectivity index (χ1n) is 7.33. The van der Waals surface area contributed by atoms with Crippen LogP contribution in [0.1, 0.15) is 38.2 Å². The Morgan fingerprint density at radius 1 is 1.38 bits per heavy atom. The van der Waals surface area contributed by atoms with Crippen molar-refractivity contribution >= 4 is 10.0 Å². The molecule has 0 amide bonds. The van der Waals surface area contributed by atoms with Crippen LogP contribution >= 0.6 is 0 Å². The molecule has 1 aliphatic rings. The van der Waals surface area contributed by atoms with Crippen molar-refractivity contribution in [1.82, 2.24) is 4.72 Å². The summed E-state index contributed by atoms with van der Waals surface area (Å²) in [4.78, 5) is 0.165. The monoisotopic (exact) mass is 312 g/mol. The van der Waals surface area contributed by atoms with E-state index in [4.69, 9.17) is 10.5 Å². The highest BCUT2D eigenvalue weighted by atomic mass is 32.2. The van der Waals surface area contributed by atoms with Crippen LogP contribution in [-0.4, -0.2) is 22.1 Å². The first-order valence-corrected chi connectivity index (χ1v) is 8.81. The van der Waals surface area contributed by atoms with E-state index in [1.807, 2.05) is 0 Å². The molecule has 0 aliphatic heterocycles. The average Bonchev–Trinajstić information content (AvgIpc) is 2.45. The summed E-state index contributed by atoms with van der Waals surface area (Å²) in [5.74, 6) is 0.346. The molecule has 5 nitrogen and oxygen atoms in total. The van der Waals surface area contributed by atoms with Crippen molar-refractivity contribution in [2.75, 3.05) is 13.7 Å². The number of methoxy groups -OCH3 is 1. The SMILES string of the molecule is CCC1(CNS(=O)(=O)c2cc(CN)ccc2OC)CCC1. The summed E-state index contributed by atoms with van der Waals surface area (Å²) < 4.78 is 33.0. The fourth-order valence-electron chi connectivity index (χ4n) is 2.72. The van der Waals surface area contributed by atoms with Gasteiger partial charge in [0.2, 0.25) is 10.0 Å². The third kappa shape index (κ3) is 3.39. The van der Waals surface area contributed by atoms with Crippen molar-refractivity contribution < 1.29 is 13.2 Å². The van der Waals surface area contributed by atoms with Crippen LogP contribution in [0.3, 0.4) is 0 Å². The van der Waals surface area contributed by atoms with Crippen molar-refractivity contribution in [3.8, 4) is 5.75 Å². The number of rotatable bonds is 7. The minimum Gasteiger partial charge on any atom is -0.495 e. The number of sulfonamides is 1. The molecule has 2 rings (SSSR count). The van der Waals surface area contributed by atoms with E-state index in [9.17, 15) is 8.42 Å². The lowest BCUT2D eigenvalue weighted by Gasteiger charge is -2.41. The zero-order valence-corrected chi connectivity index (χ0v) is 13.5. The van der Waals surface area contributed by atoms with Crippen molar-refractivity contribution in [3.63, 3.8) is 0 Å². The maximum absolute atomic E-state index is 12.6. The molecule has 1 aliphatic carbocycles. The van der Waals surface area contributed by atoms with Crippen LogP contribution in [0.5, 0.6) is 5.75 Å². The molecule has 1 saturated carbocycles. The molecule has 1 fully saturated rings. The van der Waals surface area contributed by atoms with Crippen LogP contribution in [-0.2, 0) is 16.6 Å². The molecule has 0 atom stereocenters. The second-order valence-electron chi connectivity index (χ2n) is 5.72. The summed E-state index contributed by atoms with van der Waals surface area (Å²) in [5, 5.41) is 0. The minimum absolute atomic E-state index is 0.131. The van der Waals surface area contributed by atoms with E-state index in [1.165, 1.54) is 13.5 Å². The zero-order chi connectivity index (χ0) is 15.5. The van der Waals surface area contributed by atoms with Gasteiger partial charge in [0, 0.05) is 13.1 Å². The van der Waals surface area contributed by atoms with Crippen molar-refractivity contribution in [3.05, 3.63) is 23.8 Å². The summed E-state index contributed by atoms with van der Waals surface area (Å²) in [6, 6.07) is 5.01. The second kappa shape index (κ2) is 6.34. The molecule has 3 N–H and O–H groups in total. The van der Waals surface area contributed by atoms with Gasteiger partial charge >= 0.3 is 0 Å². The van der Waals surface area contributed by atoms with Gasteiger partial charge in [-0.2, -0.15) is 0 Å². The molecule has 0 radical (unpaired) electrons. The standard InChI is InChI=1S/C15H24N2O3S/c1-3-15(7-4-8-15)11-17-21(18,19)14-9-12(10-16)5-6-13(14)20-2/h5-6,9,17H,3-4,7-8,10-11,16H2,1-2H3. The van der Waals surface area contributed by atoms with Gasteiger partial charge in [0.1, 0.15) is 10.6 Å². The van der Waals surface area contributed by atoms with E-state index >= 15 is 0 Å². The normalized spacial score (nSPS) is 17.3. The van der Waals surface area contributed by atoms with Crippen LogP contribution in [0.2, 0.25) is 0 Å². The third-order valence-corrected chi connectivity index (χ3v) is 5.98. The molecule has 6 heteroatoms. The molecule has 0 unspecified atom stereocenters. The van der Waals surface area contributed by atoms with Crippen LogP contribution in [0.25, 0.3) is 0 Å². The van der Waals surface area contributed by atoms with Gasteiger partial charge in [-0.25, -0.2) is 13.1 Å². The Morgan fingerprint density at radius 3 is 2.57 bits per heavy atom. The first kappa shape index (κ1) is 16.3. The van der Waals surface area contributed by atoms with Crippen LogP contribution in [0.15, 0.2) is 23.1 Å². The van der Waals surface area contributed by atoms with Crippen LogP contribution in [0.4, 0.5) is 0 Å². The minimum atomic E-state index is -3.59. The molecule has 0 aromatic heterocycles. The first-order chi connectivity index (χ1) is 9.96. The van der Waals surface area contributed by atoms with Crippen LogP contribution in [0, 0.1) is 5.41 Å². The van der Waals surface area contributed by atoms with E-state index < -0.39 is 10.0 Å². The van der Waals surface area contributed by atoms with Gasteiger partial charge in [0.15, 0.2) is 0 Å². The lowest BCUT2D eigenvalue weighted by molar-refractivity contribution is 0.133. The smallest absolute Gasteiger partial charge is 0.244 e. The fourth-order valence-corrected chi connectivity index (χ4v) is 4.09. The average molecular weight is 312 g/mol. The summed E-state index contributed by atoms with van der Waals surface area (Å²) in [6.07, 6.45) is 4.36. The highest BCUT2D eigenvalue weighted by Crippen LogP contribution is 2.43. The van der Waals surface area contributed by atoms with Crippen molar-refractivity contribution in [2.24, 2.45) is 11.1 Å². The van der Waals surface area contributed by atoms with Gasteiger partial charge in [0.25, 0.3) is 0 Å². The molecule has 0 saturated heterocycles. The third-order valence-electron chi connectivity index (χ3n) is 4.55. The number of ether oxygens (including phenoxy) is 1. The highest BCUT2D eigenvalue weighted by molar-refractivity contribution is 7.89. The maximum atomic E-state index is 12.6. The van der Waals surface area contributed by atoms with Gasteiger partial charge in [-0.1, -0.05) is 19.4 Å². The number of nitrogens with two attached hydrogens (primary N) is 1. The summed E-state index contributed by atoms with van der Waals surface area (Å²) in [6.45, 7) is 2.90. The highest BCUT2D eigenvalue weighted by Gasteiger charge is 2.36. The van der Waals surface area contributed by atoms with Crippen LogP contribution < -0.4 is 15.2 Å². The molecule has 1 aromatic rings. The molecule has 0 heterocycles. The number of hydrogen-bond donors (Lipinski definition) is 2. The fraction of sp³-hybridized carbons (Fsp3) is 0.600. The van der Waals surface area contributed by atoms with E-state index in [-0.39, 0.29) is 10.3 Å². The topological polar surface area (TPSA) is 81.4 Å². The van der Waals surface area contributed by atoms with Crippen molar-refractivity contribution in [1.29, 1.82) is 0 Å². The predicted octanol–water partition coefficient (Wildman–Crippen LogP) is 2.01. The predicted molar refractivity (Wildman–Crippen MR) is 82.6 cm³/mol. The van der Waals surface area contributed by atoms with Gasteiger partial charge < -0.3 is 10.5 Å². The van der Waals surface area contributed by atoms with Gasteiger partial charge in [0.05, 0.1) is 7.11 Å². The Bertz CT molecular complexity index is 589. The van der Waals surface area contributed by atoms with Gasteiger partial charge in [-0.15, -0.1) is 0 Å². The molecular formula is C15H24N2O3S. The molecule has 118 valence electrons. The summed E-state index contributed by atoms with van der Waals surface area (Å²) in [5.41, 5.74) is 6.49. The molecule has 1 aromatic carbocycles. The molecular weight excluding hydrogens is 288 g/mol. The van der Waals surface area contributed by atoms with Gasteiger partial charge in [-0.3, -0.25) is 0 Å². The molecule has 0 spiro atoms. The number of benzene rings is 1. The number of hydrogen-bond acceptors (Lipinski definition) is 4. The Morgan fingerprint density at radius 2 is 2.10 bits per heavy atom. The Labute approximate surface area is 126 Å². The van der Waals surface area contributed by atoms with E-state index in [0.717, 1.165) is 24.8 Å². The Hall–Kier alpha value is -1.11. The van der Waals surface area contributed by atoms with E-state index in [1.54, 1.807) is 18.2 Å². The quantitative estimate of drug-likeness (QED) is 0.807.